The minimum Gasteiger partial charge on any atom is -0.399 e. The van der Waals surface area contributed by atoms with Crippen molar-refractivity contribution in [2.45, 2.75) is 19.4 Å². The van der Waals surface area contributed by atoms with Crippen LogP contribution in [0, 0.1) is 0 Å². The minimum absolute atomic E-state index is 0.794. The molecule has 17 heavy (non-hydrogen) atoms. The molecule has 0 atom stereocenters. The Kier molecular flexibility index (Phi) is 4.34. The highest BCUT2D eigenvalue weighted by Crippen LogP contribution is 2.08. The number of nitrogens with two attached hydrogens (primary N) is 1. The molecule has 2 rings (SSSR count). The molecule has 0 amide bonds. The van der Waals surface area contributed by atoms with E-state index in [9.17, 15) is 0 Å². The van der Waals surface area contributed by atoms with E-state index in [1.54, 1.807) is 6.20 Å². The molecule has 0 bridgehead atoms. The van der Waals surface area contributed by atoms with Gasteiger partial charge in [0.15, 0.2) is 0 Å². The molecule has 1 aliphatic rings. The van der Waals surface area contributed by atoms with Crippen LogP contribution in [0.2, 0.25) is 0 Å². The fraction of sp³-hybridized carbons (Fsp3) is 0.615. The molecule has 0 aromatic carbocycles. The molecule has 94 valence electrons. The van der Waals surface area contributed by atoms with Gasteiger partial charge in [0.05, 0.1) is 5.69 Å². The highest BCUT2D eigenvalue weighted by Gasteiger charge is 2.11. The van der Waals surface area contributed by atoms with E-state index in [4.69, 9.17) is 5.73 Å². The van der Waals surface area contributed by atoms with Gasteiger partial charge in [-0.05, 0) is 45.1 Å². The lowest BCUT2D eigenvalue weighted by Crippen LogP contribution is -2.31. The van der Waals surface area contributed by atoms with Crippen molar-refractivity contribution in [2.75, 3.05) is 39.0 Å². The summed E-state index contributed by atoms with van der Waals surface area (Å²) in [5.41, 5.74) is 7.59. The van der Waals surface area contributed by atoms with E-state index >= 15 is 0 Å². The van der Waals surface area contributed by atoms with Gasteiger partial charge in [-0.15, -0.1) is 0 Å². The number of rotatable bonds is 5. The maximum atomic E-state index is 5.74. The van der Waals surface area contributed by atoms with E-state index in [2.05, 4.69) is 21.8 Å². The van der Waals surface area contributed by atoms with Crippen molar-refractivity contribution in [1.29, 1.82) is 0 Å². The highest BCUT2D eigenvalue weighted by atomic mass is 15.2. The fourth-order valence-corrected chi connectivity index (χ4v) is 2.26. The summed E-state index contributed by atoms with van der Waals surface area (Å²) in [4.78, 5) is 9.16. The summed E-state index contributed by atoms with van der Waals surface area (Å²) in [6.45, 7) is 5.67. The fourth-order valence-electron chi connectivity index (χ4n) is 2.26. The third-order valence-electron chi connectivity index (χ3n) is 3.27. The van der Waals surface area contributed by atoms with Crippen molar-refractivity contribution in [3.63, 3.8) is 0 Å². The molecule has 1 aromatic heterocycles. The van der Waals surface area contributed by atoms with Crippen LogP contribution in [0.3, 0.4) is 0 Å². The lowest BCUT2D eigenvalue weighted by atomic mass is 10.3. The van der Waals surface area contributed by atoms with Crippen molar-refractivity contribution in [3.8, 4) is 0 Å². The largest absolute Gasteiger partial charge is 0.399 e. The Bertz CT molecular complexity index is 347. The highest BCUT2D eigenvalue weighted by molar-refractivity contribution is 5.37. The summed E-state index contributed by atoms with van der Waals surface area (Å²) in [5.74, 6) is 0. The van der Waals surface area contributed by atoms with Crippen molar-refractivity contribution in [2.24, 2.45) is 0 Å². The van der Waals surface area contributed by atoms with Gasteiger partial charge in [0.25, 0.3) is 0 Å². The summed E-state index contributed by atoms with van der Waals surface area (Å²) in [6.07, 6.45) is 4.50. The molecule has 4 heteroatoms. The van der Waals surface area contributed by atoms with Gasteiger partial charge < -0.3 is 10.6 Å². The third kappa shape index (κ3) is 3.98. The van der Waals surface area contributed by atoms with E-state index in [0.29, 0.717) is 0 Å². The van der Waals surface area contributed by atoms with Gasteiger partial charge >= 0.3 is 0 Å². The maximum Gasteiger partial charge on any atom is 0.0564 e. The average molecular weight is 234 g/mol. The van der Waals surface area contributed by atoms with Crippen LogP contribution in [0.5, 0.6) is 0 Å². The average Bonchev–Trinajstić information content (AvgIpc) is 2.79. The number of aromatic nitrogens is 1. The van der Waals surface area contributed by atoms with E-state index < -0.39 is 0 Å². The van der Waals surface area contributed by atoms with Gasteiger partial charge in [0, 0.05) is 31.5 Å². The van der Waals surface area contributed by atoms with E-state index in [1.165, 1.54) is 32.5 Å². The number of pyridine rings is 1. The normalized spacial score (nSPS) is 16.8. The maximum absolute atomic E-state index is 5.74. The molecule has 0 spiro atoms. The molecule has 1 aliphatic heterocycles. The number of nitrogens with zero attached hydrogens (tertiary/aromatic N) is 3. The van der Waals surface area contributed by atoms with Gasteiger partial charge in [-0.25, -0.2) is 0 Å². The first-order valence-electron chi connectivity index (χ1n) is 6.35. The molecule has 0 aliphatic carbocycles. The first kappa shape index (κ1) is 12.3. The summed E-state index contributed by atoms with van der Waals surface area (Å²) < 4.78 is 0. The first-order valence-corrected chi connectivity index (χ1v) is 6.35. The Balaban J connectivity index is 1.74. The Morgan fingerprint density at radius 3 is 2.88 bits per heavy atom. The zero-order chi connectivity index (χ0) is 12.1. The number of hydrogen-bond acceptors (Lipinski definition) is 4. The van der Waals surface area contributed by atoms with Crippen molar-refractivity contribution >= 4 is 5.69 Å². The Morgan fingerprint density at radius 1 is 1.41 bits per heavy atom. The Labute approximate surface area is 103 Å². The zero-order valence-corrected chi connectivity index (χ0v) is 10.6. The molecular weight excluding hydrogens is 212 g/mol. The van der Waals surface area contributed by atoms with Crippen LogP contribution < -0.4 is 5.73 Å². The quantitative estimate of drug-likeness (QED) is 0.831. The number of likely N-dealkylation sites (tertiary alicyclic amines) is 1. The summed E-state index contributed by atoms with van der Waals surface area (Å²) in [5, 5.41) is 0. The molecule has 2 heterocycles. The summed E-state index contributed by atoms with van der Waals surface area (Å²) >= 11 is 0. The predicted molar refractivity (Wildman–Crippen MR) is 70.7 cm³/mol. The lowest BCUT2D eigenvalue weighted by molar-refractivity contribution is 0.250. The number of anilines is 1. The molecule has 1 aromatic rings. The van der Waals surface area contributed by atoms with Crippen molar-refractivity contribution in [1.82, 2.24) is 14.8 Å². The molecule has 0 radical (unpaired) electrons. The monoisotopic (exact) mass is 234 g/mol. The van der Waals surface area contributed by atoms with Crippen molar-refractivity contribution < 1.29 is 0 Å². The molecular formula is C13H22N4. The van der Waals surface area contributed by atoms with Gasteiger partial charge in [-0.1, -0.05) is 0 Å². The second-order valence-electron chi connectivity index (χ2n) is 4.87. The summed E-state index contributed by atoms with van der Waals surface area (Å²) in [6, 6.07) is 3.78. The van der Waals surface area contributed by atoms with Crippen LogP contribution in [-0.4, -0.2) is 48.0 Å². The van der Waals surface area contributed by atoms with Crippen LogP contribution in [0.1, 0.15) is 18.5 Å². The lowest BCUT2D eigenvalue weighted by Gasteiger charge is -2.21. The second kappa shape index (κ2) is 5.98. The molecule has 0 saturated carbocycles. The van der Waals surface area contributed by atoms with Crippen LogP contribution in [0.15, 0.2) is 18.3 Å². The SMILES string of the molecule is CN(CCN1CCCC1)Cc1cc(N)ccn1. The Hall–Kier alpha value is -1.13. The van der Waals surface area contributed by atoms with E-state index in [0.717, 1.165) is 24.5 Å². The minimum atomic E-state index is 0.794. The second-order valence-corrected chi connectivity index (χ2v) is 4.87. The number of hydrogen-bond donors (Lipinski definition) is 1. The van der Waals surface area contributed by atoms with Gasteiger partial charge in [0.1, 0.15) is 0 Å². The number of nitrogen functional groups attached to an aromatic ring is 1. The number of likely N-dealkylation sites (N-methyl/N-ethyl adjacent to an activating group) is 1. The van der Waals surface area contributed by atoms with E-state index in [1.807, 2.05) is 12.1 Å². The standard InChI is InChI=1S/C13H22N4/c1-16(8-9-17-6-2-3-7-17)11-13-10-12(14)4-5-15-13/h4-5,10H,2-3,6-9,11H2,1H3,(H2,14,15). The molecule has 4 nitrogen and oxygen atoms in total. The van der Waals surface area contributed by atoms with Crippen LogP contribution in [0.4, 0.5) is 5.69 Å². The van der Waals surface area contributed by atoms with Crippen LogP contribution in [-0.2, 0) is 6.54 Å². The smallest absolute Gasteiger partial charge is 0.0564 e. The summed E-state index contributed by atoms with van der Waals surface area (Å²) in [7, 11) is 2.14. The molecule has 1 saturated heterocycles. The van der Waals surface area contributed by atoms with Crippen molar-refractivity contribution in [3.05, 3.63) is 24.0 Å². The molecule has 2 N–H and O–H groups in total. The van der Waals surface area contributed by atoms with E-state index in [-0.39, 0.29) is 0 Å². The van der Waals surface area contributed by atoms with Gasteiger partial charge in [-0.2, -0.15) is 0 Å². The van der Waals surface area contributed by atoms with Gasteiger partial charge in [0.2, 0.25) is 0 Å². The zero-order valence-electron chi connectivity index (χ0n) is 10.6. The third-order valence-corrected chi connectivity index (χ3v) is 3.27. The molecule has 0 unspecified atom stereocenters. The topological polar surface area (TPSA) is 45.4 Å². The molecule has 1 fully saturated rings. The first-order chi connectivity index (χ1) is 8.24. The van der Waals surface area contributed by atoms with Crippen LogP contribution in [0.25, 0.3) is 0 Å². The Morgan fingerprint density at radius 2 is 2.18 bits per heavy atom. The van der Waals surface area contributed by atoms with Gasteiger partial charge in [-0.3, -0.25) is 9.88 Å². The van der Waals surface area contributed by atoms with Crippen LogP contribution >= 0.6 is 0 Å². The predicted octanol–water partition coefficient (Wildman–Crippen LogP) is 1.19.